The molecule has 0 spiro atoms. The van der Waals surface area contributed by atoms with Crippen LogP contribution in [0, 0.1) is 5.92 Å². The number of hydrogen-bond acceptors (Lipinski definition) is 3. The molecule has 7 heteroatoms. The van der Waals surface area contributed by atoms with Gasteiger partial charge in [-0.1, -0.05) is 54.1 Å². The normalized spacial score (nSPS) is 26.4. The third-order valence-electron chi connectivity index (χ3n) is 6.12. The number of urea groups is 1. The fourth-order valence-electron chi connectivity index (χ4n) is 4.73. The SMILES string of the molecule is O=C1NC2CC(c3ccccc3Cl)CC(F)C2C(=O)N1c1cncc2ccccc12. The van der Waals surface area contributed by atoms with E-state index in [1.165, 1.54) is 6.20 Å². The Morgan fingerprint density at radius 1 is 1.03 bits per heavy atom. The summed E-state index contributed by atoms with van der Waals surface area (Å²) in [5, 5.41) is 4.96. The molecule has 3 aromatic rings. The van der Waals surface area contributed by atoms with Crippen LogP contribution in [0.4, 0.5) is 14.9 Å². The Kier molecular flexibility index (Phi) is 4.66. The number of carbonyl (C=O) groups is 2. The van der Waals surface area contributed by atoms with E-state index in [1.807, 2.05) is 42.5 Å². The van der Waals surface area contributed by atoms with Gasteiger partial charge < -0.3 is 5.32 Å². The Balaban J connectivity index is 1.48. The minimum absolute atomic E-state index is 0.158. The highest BCUT2D eigenvalue weighted by molar-refractivity contribution is 6.31. The first-order valence-corrected chi connectivity index (χ1v) is 10.3. The molecule has 3 amide bonds. The van der Waals surface area contributed by atoms with Crippen LogP contribution in [-0.4, -0.2) is 29.1 Å². The van der Waals surface area contributed by atoms with Crippen LogP contribution in [0.25, 0.3) is 10.8 Å². The van der Waals surface area contributed by atoms with Gasteiger partial charge in [-0.2, -0.15) is 0 Å². The molecule has 1 N–H and O–H groups in total. The molecule has 4 unspecified atom stereocenters. The molecule has 4 atom stereocenters. The first-order chi connectivity index (χ1) is 14.5. The van der Waals surface area contributed by atoms with Crippen molar-refractivity contribution in [2.45, 2.75) is 31.0 Å². The Labute approximate surface area is 177 Å². The number of halogens is 2. The second kappa shape index (κ2) is 7.36. The highest BCUT2D eigenvalue weighted by Gasteiger charge is 2.50. The zero-order chi connectivity index (χ0) is 20.8. The van der Waals surface area contributed by atoms with Gasteiger partial charge in [-0.15, -0.1) is 0 Å². The van der Waals surface area contributed by atoms with Crippen molar-refractivity contribution < 1.29 is 14.0 Å². The molecule has 0 bridgehead atoms. The van der Waals surface area contributed by atoms with Gasteiger partial charge in [0, 0.05) is 28.0 Å². The molecular weight excluding hydrogens is 405 g/mol. The number of nitrogens with one attached hydrogen (secondary N) is 1. The molecule has 152 valence electrons. The predicted molar refractivity (Wildman–Crippen MR) is 113 cm³/mol. The van der Waals surface area contributed by atoms with Gasteiger partial charge in [-0.05, 0) is 30.4 Å². The summed E-state index contributed by atoms with van der Waals surface area (Å²) < 4.78 is 15.3. The molecule has 1 aliphatic carbocycles. The molecule has 1 aromatic heterocycles. The number of hydrogen-bond donors (Lipinski definition) is 1. The van der Waals surface area contributed by atoms with E-state index in [4.69, 9.17) is 11.6 Å². The van der Waals surface area contributed by atoms with E-state index in [0.717, 1.165) is 21.2 Å². The summed E-state index contributed by atoms with van der Waals surface area (Å²) in [6.07, 6.45) is 2.41. The summed E-state index contributed by atoms with van der Waals surface area (Å²) >= 11 is 6.30. The van der Waals surface area contributed by atoms with E-state index in [-0.39, 0.29) is 12.3 Å². The summed E-state index contributed by atoms with van der Waals surface area (Å²) in [5.74, 6) is -1.61. The molecule has 2 fully saturated rings. The van der Waals surface area contributed by atoms with Crippen molar-refractivity contribution in [3.05, 3.63) is 71.5 Å². The zero-order valence-electron chi connectivity index (χ0n) is 16.0. The lowest BCUT2D eigenvalue weighted by molar-refractivity contribution is -0.127. The molecule has 1 saturated carbocycles. The topological polar surface area (TPSA) is 62.3 Å². The van der Waals surface area contributed by atoms with E-state index in [2.05, 4.69) is 10.3 Å². The molecule has 2 heterocycles. The molecule has 1 saturated heterocycles. The van der Waals surface area contributed by atoms with Crippen LogP contribution in [0.2, 0.25) is 5.02 Å². The predicted octanol–water partition coefficient (Wildman–Crippen LogP) is 4.84. The maximum atomic E-state index is 15.3. The lowest BCUT2D eigenvalue weighted by atomic mass is 9.73. The average molecular weight is 424 g/mol. The molecule has 2 aliphatic rings. The number of alkyl halides is 1. The second-order valence-electron chi connectivity index (χ2n) is 7.84. The summed E-state index contributed by atoms with van der Waals surface area (Å²) in [6.45, 7) is 0. The first kappa shape index (κ1) is 19.0. The van der Waals surface area contributed by atoms with E-state index in [0.29, 0.717) is 17.1 Å². The number of aromatic nitrogens is 1. The van der Waals surface area contributed by atoms with Crippen LogP contribution in [0.1, 0.15) is 24.3 Å². The molecule has 1 aliphatic heterocycles. The van der Waals surface area contributed by atoms with Gasteiger partial charge in [0.25, 0.3) is 0 Å². The minimum Gasteiger partial charge on any atom is -0.334 e. The zero-order valence-corrected chi connectivity index (χ0v) is 16.7. The number of anilines is 1. The maximum Gasteiger partial charge on any atom is 0.329 e. The van der Waals surface area contributed by atoms with Crippen LogP contribution < -0.4 is 10.2 Å². The second-order valence-corrected chi connectivity index (χ2v) is 8.25. The number of carbonyl (C=O) groups excluding carboxylic acids is 2. The van der Waals surface area contributed by atoms with Crippen LogP contribution in [0.3, 0.4) is 0 Å². The van der Waals surface area contributed by atoms with E-state index in [9.17, 15) is 9.59 Å². The molecular formula is C23H19ClFN3O2. The number of amides is 3. The lowest BCUT2D eigenvalue weighted by Crippen LogP contribution is -2.64. The molecule has 5 rings (SSSR count). The fraction of sp³-hybridized carbons (Fsp3) is 0.261. The number of benzene rings is 2. The van der Waals surface area contributed by atoms with Crippen LogP contribution in [-0.2, 0) is 4.79 Å². The van der Waals surface area contributed by atoms with Gasteiger partial charge in [-0.3, -0.25) is 9.78 Å². The number of fused-ring (bicyclic) bond motifs is 2. The number of nitrogens with zero attached hydrogens (tertiary/aromatic N) is 2. The van der Waals surface area contributed by atoms with Gasteiger partial charge in [0.15, 0.2) is 0 Å². The smallest absolute Gasteiger partial charge is 0.329 e. The Bertz CT molecular complexity index is 1150. The molecule has 5 nitrogen and oxygen atoms in total. The van der Waals surface area contributed by atoms with Gasteiger partial charge in [-0.25, -0.2) is 14.1 Å². The van der Waals surface area contributed by atoms with Crippen molar-refractivity contribution in [1.82, 2.24) is 10.3 Å². The Morgan fingerprint density at radius 3 is 2.63 bits per heavy atom. The fourth-order valence-corrected chi connectivity index (χ4v) is 5.02. The van der Waals surface area contributed by atoms with E-state index >= 15 is 4.39 Å². The van der Waals surface area contributed by atoms with Gasteiger partial charge in [0.05, 0.1) is 17.8 Å². The number of imide groups is 1. The highest BCUT2D eigenvalue weighted by Crippen LogP contribution is 2.43. The minimum atomic E-state index is -1.39. The van der Waals surface area contributed by atoms with Crippen molar-refractivity contribution >= 4 is 40.0 Å². The van der Waals surface area contributed by atoms with E-state index < -0.39 is 30.1 Å². The van der Waals surface area contributed by atoms with Crippen molar-refractivity contribution in [2.75, 3.05) is 4.90 Å². The van der Waals surface area contributed by atoms with Gasteiger partial charge >= 0.3 is 6.03 Å². The van der Waals surface area contributed by atoms with Crippen LogP contribution >= 0.6 is 11.6 Å². The third-order valence-corrected chi connectivity index (χ3v) is 6.47. The maximum absolute atomic E-state index is 15.3. The average Bonchev–Trinajstić information content (AvgIpc) is 2.73. The van der Waals surface area contributed by atoms with Crippen LogP contribution in [0.15, 0.2) is 60.9 Å². The Morgan fingerprint density at radius 2 is 1.80 bits per heavy atom. The monoisotopic (exact) mass is 423 g/mol. The number of pyridine rings is 1. The summed E-state index contributed by atoms with van der Waals surface area (Å²) in [6, 6.07) is 13.6. The van der Waals surface area contributed by atoms with Gasteiger partial charge in [0.1, 0.15) is 6.17 Å². The number of rotatable bonds is 2. The van der Waals surface area contributed by atoms with Crippen molar-refractivity contribution in [1.29, 1.82) is 0 Å². The summed E-state index contributed by atoms with van der Waals surface area (Å²) in [7, 11) is 0. The van der Waals surface area contributed by atoms with Gasteiger partial charge in [0.2, 0.25) is 5.91 Å². The van der Waals surface area contributed by atoms with Crippen LogP contribution in [0.5, 0.6) is 0 Å². The standard InChI is InChI=1S/C23H19ClFN3O2/c24-17-8-4-3-6-15(17)14-9-18(25)21-19(10-14)27-23(30)28(22(21)29)20-12-26-11-13-5-1-2-7-16(13)20/h1-8,11-12,14,18-19,21H,9-10H2,(H,27,30). The summed E-state index contributed by atoms with van der Waals surface area (Å²) in [5.41, 5.74) is 1.22. The lowest BCUT2D eigenvalue weighted by Gasteiger charge is -2.44. The van der Waals surface area contributed by atoms with Crippen molar-refractivity contribution in [3.8, 4) is 0 Å². The Hall–Kier alpha value is -2.99. The molecule has 30 heavy (non-hydrogen) atoms. The first-order valence-electron chi connectivity index (χ1n) is 9.90. The molecule has 2 aromatic carbocycles. The van der Waals surface area contributed by atoms with Crippen molar-refractivity contribution in [2.24, 2.45) is 5.92 Å². The van der Waals surface area contributed by atoms with Crippen molar-refractivity contribution in [3.63, 3.8) is 0 Å². The largest absolute Gasteiger partial charge is 0.334 e. The van der Waals surface area contributed by atoms with E-state index in [1.54, 1.807) is 12.3 Å². The third kappa shape index (κ3) is 3.03. The highest BCUT2D eigenvalue weighted by atomic mass is 35.5. The quantitative estimate of drug-likeness (QED) is 0.641. The summed E-state index contributed by atoms with van der Waals surface area (Å²) in [4.78, 5) is 31.4. The molecule has 0 radical (unpaired) electrons.